The van der Waals surface area contributed by atoms with Crippen LogP contribution in [0.2, 0.25) is 0 Å². The predicted molar refractivity (Wildman–Crippen MR) is 75.8 cm³/mol. The molecule has 0 heterocycles. The van der Waals surface area contributed by atoms with Crippen molar-refractivity contribution in [3.63, 3.8) is 0 Å². The van der Waals surface area contributed by atoms with Gasteiger partial charge in [-0.15, -0.1) is 0 Å². The van der Waals surface area contributed by atoms with Gasteiger partial charge in [-0.25, -0.2) is 0 Å². The Labute approximate surface area is 111 Å². The van der Waals surface area contributed by atoms with E-state index < -0.39 is 0 Å². The lowest BCUT2D eigenvalue weighted by molar-refractivity contribution is -0.117. The molecule has 0 aliphatic heterocycles. The van der Waals surface area contributed by atoms with Gasteiger partial charge in [0.05, 0.1) is 0 Å². The third kappa shape index (κ3) is 3.69. The third-order valence-electron chi connectivity index (χ3n) is 4.18. The Hall–Kier alpha value is -1.11. The highest BCUT2D eigenvalue weighted by Crippen LogP contribution is 2.35. The standard InChI is InChI=1S/C17H24O/c1-13-7-9-16(10-8-13)17(11-14(2)18)12-15-5-3-4-6-15/h7-10,15,17H,3-6,11-12H2,1-2H3/t17-/m0/s1. The van der Waals surface area contributed by atoms with Crippen molar-refractivity contribution >= 4 is 5.78 Å². The maximum absolute atomic E-state index is 11.5. The van der Waals surface area contributed by atoms with Crippen molar-refractivity contribution in [2.75, 3.05) is 0 Å². The normalized spacial score (nSPS) is 17.9. The highest BCUT2D eigenvalue weighted by atomic mass is 16.1. The minimum atomic E-state index is 0.318. The van der Waals surface area contributed by atoms with Crippen LogP contribution in [-0.2, 0) is 4.79 Å². The van der Waals surface area contributed by atoms with Crippen LogP contribution < -0.4 is 0 Å². The summed E-state index contributed by atoms with van der Waals surface area (Å²) >= 11 is 0. The lowest BCUT2D eigenvalue weighted by Gasteiger charge is -2.20. The van der Waals surface area contributed by atoms with E-state index in [1.54, 1.807) is 6.92 Å². The molecule has 1 aromatic carbocycles. The highest BCUT2D eigenvalue weighted by Gasteiger charge is 2.22. The maximum atomic E-state index is 11.5. The van der Waals surface area contributed by atoms with Gasteiger partial charge in [-0.05, 0) is 37.7 Å². The first-order valence-corrected chi connectivity index (χ1v) is 7.21. The van der Waals surface area contributed by atoms with Crippen molar-refractivity contribution in [3.8, 4) is 0 Å². The van der Waals surface area contributed by atoms with Crippen LogP contribution in [0.25, 0.3) is 0 Å². The van der Waals surface area contributed by atoms with Crippen molar-refractivity contribution in [3.05, 3.63) is 35.4 Å². The first kappa shape index (κ1) is 13.3. The quantitative estimate of drug-likeness (QED) is 0.737. The average Bonchev–Trinajstić information content (AvgIpc) is 2.81. The molecule has 0 N–H and O–H groups in total. The molecule has 1 nitrogen and oxygen atoms in total. The first-order chi connectivity index (χ1) is 8.65. The Morgan fingerprint density at radius 2 is 1.83 bits per heavy atom. The number of aryl methyl sites for hydroxylation is 1. The molecule has 1 fully saturated rings. The Balaban J connectivity index is 2.07. The Morgan fingerprint density at radius 3 is 2.39 bits per heavy atom. The van der Waals surface area contributed by atoms with Crippen LogP contribution in [0.3, 0.4) is 0 Å². The van der Waals surface area contributed by atoms with Gasteiger partial charge in [0.15, 0.2) is 0 Å². The van der Waals surface area contributed by atoms with Gasteiger partial charge in [-0.3, -0.25) is 0 Å². The summed E-state index contributed by atoms with van der Waals surface area (Å²) in [5.74, 6) is 1.60. The fourth-order valence-electron chi connectivity index (χ4n) is 3.17. The highest BCUT2D eigenvalue weighted by molar-refractivity contribution is 5.76. The van der Waals surface area contributed by atoms with Gasteiger partial charge in [0.25, 0.3) is 0 Å². The van der Waals surface area contributed by atoms with Crippen molar-refractivity contribution in [1.82, 2.24) is 0 Å². The molecule has 1 saturated carbocycles. The van der Waals surface area contributed by atoms with Gasteiger partial charge in [0, 0.05) is 6.42 Å². The zero-order chi connectivity index (χ0) is 13.0. The van der Waals surface area contributed by atoms with E-state index in [1.165, 1.54) is 43.2 Å². The summed E-state index contributed by atoms with van der Waals surface area (Å²) < 4.78 is 0. The molecule has 0 aromatic heterocycles. The number of carbonyl (C=O) groups excluding carboxylic acids is 1. The summed E-state index contributed by atoms with van der Waals surface area (Å²) in [6, 6.07) is 8.74. The molecule has 0 saturated heterocycles. The first-order valence-electron chi connectivity index (χ1n) is 7.21. The van der Waals surface area contributed by atoms with E-state index in [1.807, 2.05) is 0 Å². The lowest BCUT2D eigenvalue weighted by atomic mass is 9.84. The molecular formula is C17H24O. The summed E-state index contributed by atoms with van der Waals surface area (Å²) in [4.78, 5) is 11.5. The van der Waals surface area contributed by atoms with Gasteiger partial charge in [-0.2, -0.15) is 0 Å². The molecule has 0 unspecified atom stereocenters. The van der Waals surface area contributed by atoms with Gasteiger partial charge in [0.1, 0.15) is 5.78 Å². The molecule has 1 heteroatoms. The second-order valence-electron chi connectivity index (χ2n) is 5.90. The molecule has 0 spiro atoms. The minimum absolute atomic E-state index is 0.318. The molecule has 18 heavy (non-hydrogen) atoms. The second-order valence-corrected chi connectivity index (χ2v) is 5.90. The Morgan fingerprint density at radius 1 is 1.22 bits per heavy atom. The van der Waals surface area contributed by atoms with Gasteiger partial charge < -0.3 is 4.79 Å². The molecule has 0 radical (unpaired) electrons. The molecule has 1 atom stereocenters. The maximum Gasteiger partial charge on any atom is 0.130 e. The third-order valence-corrected chi connectivity index (χ3v) is 4.18. The fraction of sp³-hybridized carbons (Fsp3) is 0.588. The fourth-order valence-corrected chi connectivity index (χ4v) is 3.17. The average molecular weight is 244 g/mol. The number of hydrogen-bond acceptors (Lipinski definition) is 1. The molecule has 1 aromatic rings. The van der Waals surface area contributed by atoms with E-state index in [9.17, 15) is 4.79 Å². The van der Waals surface area contributed by atoms with Crippen LogP contribution in [0, 0.1) is 12.8 Å². The van der Waals surface area contributed by atoms with Crippen LogP contribution in [-0.4, -0.2) is 5.78 Å². The molecule has 2 rings (SSSR count). The number of Topliss-reactive ketones (excluding diaryl/α,β-unsaturated/α-hetero) is 1. The number of hydrogen-bond donors (Lipinski definition) is 0. The number of rotatable bonds is 5. The van der Waals surface area contributed by atoms with E-state index in [-0.39, 0.29) is 0 Å². The topological polar surface area (TPSA) is 17.1 Å². The molecule has 0 bridgehead atoms. The molecule has 98 valence electrons. The van der Waals surface area contributed by atoms with Gasteiger partial charge in [0.2, 0.25) is 0 Å². The van der Waals surface area contributed by atoms with E-state index in [0.29, 0.717) is 18.1 Å². The second kappa shape index (κ2) is 6.17. The minimum Gasteiger partial charge on any atom is -0.300 e. The largest absolute Gasteiger partial charge is 0.300 e. The molecule has 0 amide bonds. The SMILES string of the molecule is CC(=O)C[C@@H](CC1CCCC1)c1ccc(C)cc1. The summed E-state index contributed by atoms with van der Waals surface area (Å²) in [5.41, 5.74) is 2.64. The Kier molecular flexibility index (Phi) is 4.57. The van der Waals surface area contributed by atoms with Crippen molar-refractivity contribution < 1.29 is 4.79 Å². The Bertz CT molecular complexity index is 385. The zero-order valence-corrected chi connectivity index (χ0v) is 11.6. The van der Waals surface area contributed by atoms with Crippen LogP contribution in [0.15, 0.2) is 24.3 Å². The van der Waals surface area contributed by atoms with Crippen molar-refractivity contribution in [2.45, 2.75) is 58.3 Å². The summed E-state index contributed by atoms with van der Waals surface area (Å²) in [6.07, 6.45) is 7.39. The number of benzene rings is 1. The summed E-state index contributed by atoms with van der Waals surface area (Å²) in [7, 11) is 0. The van der Waals surface area contributed by atoms with E-state index in [2.05, 4.69) is 31.2 Å². The van der Waals surface area contributed by atoms with E-state index >= 15 is 0 Å². The zero-order valence-electron chi connectivity index (χ0n) is 11.6. The van der Waals surface area contributed by atoms with Crippen LogP contribution >= 0.6 is 0 Å². The lowest BCUT2D eigenvalue weighted by Crippen LogP contribution is -2.09. The number of carbonyl (C=O) groups is 1. The van der Waals surface area contributed by atoms with Crippen molar-refractivity contribution in [2.24, 2.45) is 5.92 Å². The van der Waals surface area contributed by atoms with E-state index in [4.69, 9.17) is 0 Å². The smallest absolute Gasteiger partial charge is 0.130 e. The monoisotopic (exact) mass is 244 g/mol. The molecular weight excluding hydrogens is 220 g/mol. The van der Waals surface area contributed by atoms with Crippen LogP contribution in [0.1, 0.15) is 62.5 Å². The molecule has 1 aliphatic carbocycles. The predicted octanol–water partition coefficient (Wildman–Crippen LogP) is 4.64. The summed E-state index contributed by atoms with van der Waals surface area (Å²) in [5, 5.41) is 0. The van der Waals surface area contributed by atoms with Crippen LogP contribution in [0.5, 0.6) is 0 Å². The molecule has 1 aliphatic rings. The van der Waals surface area contributed by atoms with E-state index in [0.717, 1.165) is 5.92 Å². The number of ketones is 1. The van der Waals surface area contributed by atoms with Gasteiger partial charge >= 0.3 is 0 Å². The van der Waals surface area contributed by atoms with Crippen LogP contribution in [0.4, 0.5) is 0 Å². The van der Waals surface area contributed by atoms with Crippen molar-refractivity contribution in [1.29, 1.82) is 0 Å². The summed E-state index contributed by atoms with van der Waals surface area (Å²) in [6.45, 7) is 3.83. The van der Waals surface area contributed by atoms with Gasteiger partial charge in [-0.1, -0.05) is 55.5 Å².